The summed E-state index contributed by atoms with van der Waals surface area (Å²) in [5.41, 5.74) is 1.34. The second kappa shape index (κ2) is 8.29. The molecule has 0 amide bonds. The van der Waals surface area contributed by atoms with Gasteiger partial charge in [-0.05, 0) is 55.3 Å². The van der Waals surface area contributed by atoms with E-state index < -0.39 is 5.82 Å². The third-order valence-electron chi connectivity index (χ3n) is 5.43. The van der Waals surface area contributed by atoms with Gasteiger partial charge in [0.1, 0.15) is 11.6 Å². The summed E-state index contributed by atoms with van der Waals surface area (Å²) in [5.74, 6) is 1.65. The number of piperidine rings is 1. The van der Waals surface area contributed by atoms with Crippen LogP contribution in [-0.2, 0) is 6.54 Å². The highest BCUT2D eigenvalue weighted by Crippen LogP contribution is 2.42. The summed E-state index contributed by atoms with van der Waals surface area (Å²) < 4.78 is 35.3. The van der Waals surface area contributed by atoms with Gasteiger partial charge in [0, 0.05) is 19.0 Å². The van der Waals surface area contributed by atoms with Crippen LogP contribution < -0.4 is 18.9 Å². The number of rotatable bonds is 6. The van der Waals surface area contributed by atoms with E-state index in [1.165, 1.54) is 25.3 Å². The fourth-order valence-corrected chi connectivity index (χ4v) is 4.04. The van der Waals surface area contributed by atoms with Gasteiger partial charge in [0.15, 0.2) is 17.3 Å². The van der Waals surface area contributed by atoms with E-state index in [1.807, 2.05) is 12.1 Å². The van der Waals surface area contributed by atoms with Crippen LogP contribution in [0.1, 0.15) is 28.8 Å². The number of benzene rings is 2. The molecule has 7 heteroatoms. The van der Waals surface area contributed by atoms with Gasteiger partial charge in [-0.15, -0.1) is 0 Å². The molecule has 29 heavy (non-hydrogen) atoms. The number of hydrogen-bond acceptors (Lipinski definition) is 6. The Balaban J connectivity index is 1.49. The number of ketones is 1. The zero-order valence-electron chi connectivity index (χ0n) is 16.6. The summed E-state index contributed by atoms with van der Waals surface area (Å²) >= 11 is 0. The lowest BCUT2D eigenvalue weighted by Crippen LogP contribution is -2.38. The molecular formula is C22H24FNO5. The quantitative estimate of drug-likeness (QED) is 0.689. The number of halogens is 1. The first-order chi connectivity index (χ1) is 14.1. The largest absolute Gasteiger partial charge is 0.496 e. The topological polar surface area (TPSA) is 57.2 Å². The van der Waals surface area contributed by atoms with Crippen LogP contribution in [-0.4, -0.2) is 44.8 Å². The molecule has 2 aromatic rings. The molecule has 0 radical (unpaired) electrons. The molecule has 0 aromatic heterocycles. The molecule has 1 atom stereocenters. The summed E-state index contributed by atoms with van der Waals surface area (Å²) in [6.07, 6.45) is 1.68. The molecule has 2 heterocycles. The van der Waals surface area contributed by atoms with Gasteiger partial charge in [-0.1, -0.05) is 0 Å². The summed E-state index contributed by atoms with van der Waals surface area (Å²) in [4.78, 5) is 15.3. The summed E-state index contributed by atoms with van der Waals surface area (Å²) in [6.45, 7) is 2.35. The van der Waals surface area contributed by atoms with E-state index in [9.17, 15) is 9.18 Å². The van der Waals surface area contributed by atoms with Gasteiger partial charge in [0.05, 0.1) is 19.8 Å². The Morgan fingerprint density at radius 1 is 1.17 bits per heavy atom. The maximum atomic E-state index is 13.7. The SMILES string of the molecule is COc1ccc(F)cc1C(=O)[C@H]1CCCN(Cc2cc(OC)c3c(c2)OCO3)C1. The minimum Gasteiger partial charge on any atom is -0.496 e. The van der Waals surface area contributed by atoms with E-state index in [0.717, 1.165) is 24.9 Å². The van der Waals surface area contributed by atoms with Gasteiger partial charge in [0.2, 0.25) is 12.5 Å². The summed E-state index contributed by atoms with van der Waals surface area (Å²) in [5, 5.41) is 0. The van der Waals surface area contributed by atoms with Crippen LogP contribution in [0.25, 0.3) is 0 Å². The molecule has 2 aliphatic rings. The van der Waals surface area contributed by atoms with Crippen molar-refractivity contribution in [3.8, 4) is 23.0 Å². The number of likely N-dealkylation sites (tertiary alicyclic amines) is 1. The number of carbonyl (C=O) groups excluding carboxylic acids is 1. The van der Waals surface area contributed by atoms with Crippen molar-refractivity contribution in [1.82, 2.24) is 4.90 Å². The third kappa shape index (κ3) is 4.00. The van der Waals surface area contributed by atoms with E-state index in [-0.39, 0.29) is 18.5 Å². The zero-order chi connectivity index (χ0) is 20.4. The maximum Gasteiger partial charge on any atom is 0.231 e. The number of nitrogens with zero attached hydrogens (tertiary/aromatic N) is 1. The molecule has 0 unspecified atom stereocenters. The van der Waals surface area contributed by atoms with Crippen LogP contribution in [0.15, 0.2) is 30.3 Å². The molecular weight excluding hydrogens is 377 g/mol. The summed E-state index contributed by atoms with van der Waals surface area (Å²) in [7, 11) is 3.09. The van der Waals surface area contributed by atoms with E-state index in [0.29, 0.717) is 41.7 Å². The van der Waals surface area contributed by atoms with Crippen LogP contribution in [0.4, 0.5) is 4.39 Å². The van der Waals surface area contributed by atoms with Crippen molar-refractivity contribution in [2.75, 3.05) is 34.1 Å². The molecule has 1 saturated heterocycles. The van der Waals surface area contributed by atoms with Gasteiger partial charge >= 0.3 is 0 Å². The summed E-state index contributed by atoms with van der Waals surface area (Å²) in [6, 6.07) is 7.96. The van der Waals surface area contributed by atoms with E-state index in [2.05, 4.69) is 4.90 Å². The smallest absolute Gasteiger partial charge is 0.231 e. The predicted molar refractivity (Wildman–Crippen MR) is 104 cm³/mol. The normalized spacial score (nSPS) is 18.5. The number of carbonyl (C=O) groups is 1. The average Bonchev–Trinajstić information content (AvgIpc) is 3.21. The van der Waals surface area contributed by atoms with Crippen molar-refractivity contribution in [3.05, 3.63) is 47.3 Å². The molecule has 154 valence electrons. The van der Waals surface area contributed by atoms with E-state index >= 15 is 0 Å². The highest BCUT2D eigenvalue weighted by Gasteiger charge is 2.29. The lowest BCUT2D eigenvalue weighted by molar-refractivity contribution is 0.0808. The lowest BCUT2D eigenvalue weighted by Gasteiger charge is -2.32. The first-order valence-electron chi connectivity index (χ1n) is 9.65. The minimum atomic E-state index is -0.436. The fourth-order valence-electron chi connectivity index (χ4n) is 4.04. The van der Waals surface area contributed by atoms with Gasteiger partial charge < -0.3 is 18.9 Å². The van der Waals surface area contributed by atoms with E-state index in [4.69, 9.17) is 18.9 Å². The second-order valence-electron chi connectivity index (χ2n) is 7.31. The Morgan fingerprint density at radius 3 is 2.79 bits per heavy atom. The van der Waals surface area contributed by atoms with Crippen LogP contribution in [0.2, 0.25) is 0 Å². The second-order valence-corrected chi connectivity index (χ2v) is 7.31. The Bertz CT molecular complexity index is 916. The molecule has 0 aliphatic carbocycles. The Hall–Kier alpha value is -2.80. The number of hydrogen-bond donors (Lipinski definition) is 0. The Kier molecular flexibility index (Phi) is 5.58. The van der Waals surface area contributed by atoms with Gasteiger partial charge in [-0.2, -0.15) is 0 Å². The molecule has 0 spiro atoms. The lowest BCUT2D eigenvalue weighted by atomic mass is 9.89. The Morgan fingerprint density at radius 2 is 2.00 bits per heavy atom. The van der Waals surface area contributed by atoms with Crippen LogP contribution in [0, 0.1) is 11.7 Å². The van der Waals surface area contributed by atoms with E-state index in [1.54, 1.807) is 7.11 Å². The zero-order valence-corrected chi connectivity index (χ0v) is 16.6. The van der Waals surface area contributed by atoms with Crippen molar-refractivity contribution in [2.45, 2.75) is 19.4 Å². The highest BCUT2D eigenvalue weighted by molar-refractivity contribution is 6.00. The Labute approximate surface area is 169 Å². The molecule has 0 saturated carbocycles. The molecule has 1 fully saturated rings. The van der Waals surface area contributed by atoms with Crippen molar-refractivity contribution in [2.24, 2.45) is 5.92 Å². The molecule has 0 N–H and O–H groups in total. The van der Waals surface area contributed by atoms with Crippen LogP contribution in [0.5, 0.6) is 23.0 Å². The van der Waals surface area contributed by atoms with Crippen molar-refractivity contribution < 1.29 is 28.1 Å². The first kappa shape index (κ1) is 19.5. The monoisotopic (exact) mass is 401 g/mol. The highest BCUT2D eigenvalue weighted by atomic mass is 19.1. The molecule has 0 bridgehead atoms. The molecule has 4 rings (SSSR count). The minimum absolute atomic E-state index is 0.0747. The number of fused-ring (bicyclic) bond motifs is 1. The van der Waals surface area contributed by atoms with Gasteiger partial charge in [0.25, 0.3) is 0 Å². The van der Waals surface area contributed by atoms with Crippen LogP contribution >= 0.6 is 0 Å². The van der Waals surface area contributed by atoms with Gasteiger partial charge in [-0.3, -0.25) is 9.69 Å². The number of methoxy groups -OCH3 is 2. The molecule has 2 aromatic carbocycles. The van der Waals surface area contributed by atoms with Crippen LogP contribution in [0.3, 0.4) is 0 Å². The average molecular weight is 401 g/mol. The van der Waals surface area contributed by atoms with Crippen molar-refractivity contribution >= 4 is 5.78 Å². The van der Waals surface area contributed by atoms with Crippen molar-refractivity contribution in [1.29, 1.82) is 0 Å². The van der Waals surface area contributed by atoms with Crippen molar-refractivity contribution in [3.63, 3.8) is 0 Å². The number of Topliss-reactive ketones (excluding diaryl/α,β-unsaturated/α-hetero) is 1. The third-order valence-corrected chi connectivity index (χ3v) is 5.43. The predicted octanol–water partition coefficient (Wildman–Crippen LogP) is 3.67. The fraction of sp³-hybridized carbons (Fsp3) is 0.409. The number of ether oxygens (including phenoxy) is 4. The molecule has 2 aliphatic heterocycles. The first-order valence-corrected chi connectivity index (χ1v) is 9.65. The molecule has 6 nitrogen and oxygen atoms in total. The van der Waals surface area contributed by atoms with Gasteiger partial charge in [-0.25, -0.2) is 4.39 Å². The maximum absolute atomic E-state index is 13.7. The standard InChI is InChI=1S/C22H24FNO5/c1-26-18-6-5-16(23)10-17(18)21(25)15-4-3-7-24(12-15)11-14-8-19(27-2)22-20(9-14)28-13-29-22/h5-6,8-10,15H,3-4,7,11-13H2,1-2H3/t15-/m0/s1.